The summed E-state index contributed by atoms with van der Waals surface area (Å²) >= 11 is 0. The van der Waals surface area contributed by atoms with Gasteiger partial charge in [-0.1, -0.05) is 12.1 Å². The first kappa shape index (κ1) is 28.9. The molecule has 6 rings (SSSR count). The van der Waals surface area contributed by atoms with Gasteiger partial charge in [0.05, 0.1) is 29.5 Å². The molecule has 0 bridgehead atoms. The highest BCUT2D eigenvalue weighted by atomic mass is 16.5. The van der Waals surface area contributed by atoms with E-state index in [9.17, 15) is 9.59 Å². The lowest BCUT2D eigenvalue weighted by atomic mass is 10.1. The second-order valence-corrected chi connectivity index (χ2v) is 11.1. The number of aryl methyl sites for hydroxylation is 3. The van der Waals surface area contributed by atoms with Crippen LogP contribution >= 0.6 is 0 Å². The minimum Gasteiger partial charge on any atom is -0.471 e. The van der Waals surface area contributed by atoms with Crippen LogP contribution in [0.25, 0.3) is 22.2 Å². The van der Waals surface area contributed by atoms with Gasteiger partial charge in [-0.2, -0.15) is 5.10 Å². The molecule has 4 aromatic heterocycles. The van der Waals surface area contributed by atoms with Crippen LogP contribution in [-0.2, 0) is 11.8 Å². The van der Waals surface area contributed by atoms with Crippen molar-refractivity contribution in [3.63, 3.8) is 0 Å². The molecule has 1 aliphatic rings. The van der Waals surface area contributed by atoms with Crippen molar-refractivity contribution in [1.82, 2.24) is 39.7 Å². The van der Waals surface area contributed by atoms with E-state index in [1.54, 1.807) is 25.0 Å². The second kappa shape index (κ2) is 11.8. The molecule has 3 N–H and O–H groups in total. The summed E-state index contributed by atoms with van der Waals surface area (Å²) in [7, 11) is 5.16. The highest BCUT2D eigenvalue weighted by molar-refractivity contribution is 6.06. The number of benzene rings is 1. The van der Waals surface area contributed by atoms with Gasteiger partial charge in [-0.25, -0.2) is 9.97 Å². The van der Waals surface area contributed by atoms with Crippen LogP contribution in [0.2, 0.25) is 0 Å². The molecule has 1 aliphatic heterocycles. The monoisotopic (exact) mass is 598 g/mol. The van der Waals surface area contributed by atoms with Gasteiger partial charge in [0, 0.05) is 69.3 Å². The van der Waals surface area contributed by atoms with Gasteiger partial charge in [-0.3, -0.25) is 19.2 Å². The smallest absolute Gasteiger partial charge is 0.292 e. The SMILES string of the molecule is Cc1cnc(Nc2cc(C)n(C)n2)nc1-c1c[nH]c2c(NC(=O)CN3CC[C@H](Oc4cc(C(=O)N(C)C)on4)C3)cccc12. The fraction of sp³-hybridized carbons (Fsp3) is 0.333. The van der Waals surface area contributed by atoms with E-state index >= 15 is 0 Å². The van der Waals surface area contributed by atoms with Gasteiger partial charge in [0.2, 0.25) is 17.6 Å². The number of fused-ring (bicyclic) bond motifs is 1. The molecule has 0 saturated carbocycles. The van der Waals surface area contributed by atoms with Crippen LogP contribution in [0.5, 0.6) is 5.88 Å². The number of nitrogens with zero attached hydrogens (tertiary/aromatic N) is 7. The Bertz CT molecular complexity index is 1820. The second-order valence-electron chi connectivity index (χ2n) is 11.1. The summed E-state index contributed by atoms with van der Waals surface area (Å²) < 4.78 is 12.8. The van der Waals surface area contributed by atoms with Crippen molar-refractivity contribution in [2.45, 2.75) is 26.4 Å². The number of anilines is 3. The molecule has 228 valence electrons. The van der Waals surface area contributed by atoms with Crippen molar-refractivity contribution < 1.29 is 18.8 Å². The highest BCUT2D eigenvalue weighted by Crippen LogP contribution is 2.33. The molecular formula is C30H34N10O4. The first-order valence-electron chi connectivity index (χ1n) is 14.2. The third kappa shape index (κ3) is 5.97. The number of aromatic amines is 1. The standard InChI is InChI=1S/C30H34N10O4/c1-17-13-32-30(34-24-11-18(2)39(5)36-24)35-27(17)21-14-31-28-20(21)7-6-8-22(28)33-25(41)16-40-10-9-19(15-40)43-26-12-23(44-37-26)29(42)38(3)4/h6-8,11-14,19,31H,9-10,15-16H2,1-5H3,(H,33,41)(H,32,34,35,36)/t19-/m0/s1. The number of rotatable bonds is 9. The van der Waals surface area contributed by atoms with E-state index in [0.29, 0.717) is 30.5 Å². The number of nitrogens with one attached hydrogen (secondary N) is 3. The summed E-state index contributed by atoms with van der Waals surface area (Å²) in [6.45, 7) is 5.39. The third-order valence-electron chi connectivity index (χ3n) is 7.56. The maximum Gasteiger partial charge on any atom is 0.292 e. The Hall–Kier alpha value is -5.24. The van der Waals surface area contributed by atoms with Crippen LogP contribution in [0.1, 0.15) is 28.2 Å². The van der Waals surface area contributed by atoms with E-state index in [4.69, 9.17) is 14.2 Å². The van der Waals surface area contributed by atoms with Crippen LogP contribution in [0, 0.1) is 13.8 Å². The molecule has 1 aromatic carbocycles. The lowest BCUT2D eigenvalue weighted by molar-refractivity contribution is -0.117. The van der Waals surface area contributed by atoms with Gasteiger partial charge in [-0.15, -0.1) is 0 Å². The molecule has 14 nitrogen and oxygen atoms in total. The first-order chi connectivity index (χ1) is 21.1. The van der Waals surface area contributed by atoms with Crippen LogP contribution in [0.3, 0.4) is 0 Å². The number of ether oxygens (including phenoxy) is 1. The van der Waals surface area contributed by atoms with Crippen molar-refractivity contribution in [2.75, 3.05) is 44.4 Å². The van der Waals surface area contributed by atoms with Gasteiger partial charge in [-0.05, 0) is 37.1 Å². The average molecular weight is 599 g/mol. The van der Waals surface area contributed by atoms with E-state index in [2.05, 4.69) is 30.9 Å². The minimum absolute atomic E-state index is 0.118. The zero-order valence-electron chi connectivity index (χ0n) is 25.2. The molecule has 1 saturated heterocycles. The van der Waals surface area contributed by atoms with Crippen molar-refractivity contribution >= 4 is 40.2 Å². The highest BCUT2D eigenvalue weighted by Gasteiger charge is 2.27. The van der Waals surface area contributed by atoms with Crippen LogP contribution in [-0.4, -0.2) is 91.3 Å². The summed E-state index contributed by atoms with van der Waals surface area (Å²) in [4.78, 5) is 41.1. The topological polar surface area (TPSA) is 159 Å². The molecule has 1 atom stereocenters. The number of para-hydroxylation sites is 1. The number of aromatic nitrogens is 6. The Kier molecular flexibility index (Phi) is 7.74. The Morgan fingerprint density at radius 3 is 2.84 bits per heavy atom. The van der Waals surface area contributed by atoms with Gasteiger partial charge in [0.25, 0.3) is 11.8 Å². The Balaban J connectivity index is 1.11. The fourth-order valence-corrected chi connectivity index (χ4v) is 5.20. The minimum atomic E-state index is -0.286. The number of hydrogen-bond donors (Lipinski definition) is 3. The largest absolute Gasteiger partial charge is 0.471 e. The molecule has 2 amide bonds. The number of hydrogen-bond acceptors (Lipinski definition) is 10. The number of carbonyl (C=O) groups excluding carboxylic acids is 2. The molecule has 5 aromatic rings. The summed E-state index contributed by atoms with van der Waals surface area (Å²) in [6.07, 6.45) is 4.24. The summed E-state index contributed by atoms with van der Waals surface area (Å²) in [6, 6.07) is 9.20. The Morgan fingerprint density at radius 2 is 2.07 bits per heavy atom. The summed E-state index contributed by atoms with van der Waals surface area (Å²) in [5, 5.41) is 15.4. The van der Waals surface area contributed by atoms with E-state index < -0.39 is 0 Å². The van der Waals surface area contributed by atoms with Gasteiger partial charge < -0.3 is 29.8 Å². The molecule has 0 aliphatic carbocycles. The predicted octanol–water partition coefficient (Wildman–Crippen LogP) is 3.50. The maximum absolute atomic E-state index is 13.1. The van der Waals surface area contributed by atoms with E-state index in [1.165, 1.54) is 11.0 Å². The van der Waals surface area contributed by atoms with Crippen LogP contribution in [0.15, 0.2) is 47.2 Å². The van der Waals surface area contributed by atoms with Gasteiger partial charge in [0.15, 0.2) is 5.82 Å². The van der Waals surface area contributed by atoms with E-state index in [1.807, 2.05) is 56.3 Å². The first-order valence-corrected chi connectivity index (χ1v) is 14.2. The molecule has 0 unspecified atom stereocenters. The molecule has 14 heteroatoms. The molecule has 5 heterocycles. The van der Waals surface area contributed by atoms with Crippen molar-refractivity contribution in [3.8, 4) is 17.1 Å². The average Bonchev–Trinajstić information content (AvgIpc) is 3.78. The van der Waals surface area contributed by atoms with E-state index in [-0.39, 0.29) is 36.1 Å². The molecular weight excluding hydrogens is 564 g/mol. The van der Waals surface area contributed by atoms with Crippen LogP contribution in [0.4, 0.5) is 17.5 Å². The predicted molar refractivity (Wildman–Crippen MR) is 164 cm³/mol. The van der Waals surface area contributed by atoms with Gasteiger partial charge >= 0.3 is 0 Å². The zero-order chi connectivity index (χ0) is 31.0. The number of carbonyl (C=O) groups is 2. The quantitative estimate of drug-likeness (QED) is 0.229. The lowest BCUT2D eigenvalue weighted by Crippen LogP contribution is -2.33. The van der Waals surface area contributed by atoms with Crippen LogP contribution < -0.4 is 15.4 Å². The molecule has 0 spiro atoms. The molecule has 1 fully saturated rings. The zero-order valence-corrected chi connectivity index (χ0v) is 25.2. The Labute approximate surface area is 253 Å². The van der Waals surface area contributed by atoms with Gasteiger partial charge in [0.1, 0.15) is 6.10 Å². The third-order valence-corrected chi connectivity index (χ3v) is 7.56. The normalized spacial score (nSPS) is 15.1. The number of amides is 2. The van der Waals surface area contributed by atoms with Crippen molar-refractivity contribution in [2.24, 2.45) is 7.05 Å². The molecule has 44 heavy (non-hydrogen) atoms. The van der Waals surface area contributed by atoms with E-state index in [0.717, 1.165) is 39.8 Å². The van der Waals surface area contributed by atoms with Crippen molar-refractivity contribution in [1.29, 1.82) is 0 Å². The summed E-state index contributed by atoms with van der Waals surface area (Å²) in [5.41, 5.74) is 5.10. The maximum atomic E-state index is 13.1. The van der Waals surface area contributed by atoms with Crippen molar-refractivity contribution in [3.05, 3.63) is 59.7 Å². The molecule has 0 radical (unpaired) electrons. The lowest BCUT2D eigenvalue weighted by Gasteiger charge is -2.16. The fourth-order valence-electron chi connectivity index (χ4n) is 5.20. The number of likely N-dealkylation sites (tertiary alicyclic amines) is 1. The number of H-pyrrole nitrogens is 1. The Morgan fingerprint density at radius 1 is 1.23 bits per heavy atom. The summed E-state index contributed by atoms with van der Waals surface area (Å²) in [5.74, 6) is 1.07.